The number of halogens is 1. The van der Waals surface area contributed by atoms with Crippen LogP contribution in [0.15, 0.2) is 35.3 Å². The second-order valence-corrected chi connectivity index (χ2v) is 4.85. The molecule has 3 nitrogen and oxygen atoms in total. The molecule has 1 N–H and O–H groups in total. The zero-order valence-corrected chi connectivity index (χ0v) is 10.7. The molecule has 1 atom stereocenters. The first kappa shape index (κ1) is 12.7. The predicted molar refractivity (Wildman–Crippen MR) is 69.1 cm³/mol. The number of hydrogen-bond donors (Lipinski definition) is 1. The summed E-state index contributed by atoms with van der Waals surface area (Å²) in [6.07, 6.45) is 3.18. The van der Waals surface area contributed by atoms with Gasteiger partial charge in [-0.3, -0.25) is 9.78 Å². The molecular formula is C13H13FN2OS. The summed E-state index contributed by atoms with van der Waals surface area (Å²) in [5.41, 5.74) is 1.20. The van der Waals surface area contributed by atoms with E-state index in [9.17, 15) is 9.18 Å². The summed E-state index contributed by atoms with van der Waals surface area (Å²) >= 11 is 1.62. The van der Waals surface area contributed by atoms with Crippen LogP contribution >= 0.6 is 11.3 Å². The Morgan fingerprint density at radius 2 is 2.39 bits per heavy atom. The average molecular weight is 264 g/mol. The SMILES string of the molecule is CC(Cc1ccsc1)NC(=O)c1ccncc1F. The van der Waals surface area contributed by atoms with E-state index in [2.05, 4.69) is 10.3 Å². The molecule has 0 bridgehead atoms. The lowest BCUT2D eigenvalue weighted by Gasteiger charge is -2.13. The van der Waals surface area contributed by atoms with Crippen LogP contribution in [-0.2, 0) is 6.42 Å². The van der Waals surface area contributed by atoms with Gasteiger partial charge in [0.25, 0.3) is 5.91 Å². The van der Waals surface area contributed by atoms with Crippen molar-refractivity contribution < 1.29 is 9.18 Å². The van der Waals surface area contributed by atoms with E-state index in [1.54, 1.807) is 11.3 Å². The number of thiophene rings is 1. The van der Waals surface area contributed by atoms with Crippen LogP contribution in [0.5, 0.6) is 0 Å². The summed E-state index contributed by atoms with van der Waals surface area (Å²) in [6.45, 7) is 1.90. The van der Waals surface area contributed by atoms with Gasteiger partial charge in [0.05, 0.1) is 11.8 Å². The van der Waals surface area contributed by atoms with Crippen molar-refractivity contribution in [3.63, 3.8) is 0 Å². The van der Waals surface area contributed by atoms with Gasteiger partial charge in [0.2, 0.25) is 0 Å². The standard InChI is InChI=1S/C13H13FN2OS/c1-9(6-10-3-5-18-8-10)16-13(17)11-2-4-15-7-12(11)14/h2-5,7-9H,6H2,1H3,(H,16,17). The zero-order valence-electron chi connectivity index (χ0n) is 9.89. The Balaban J connectivity index is 1.97. The summed E-state index contributed by atoms with van der Waals surface area (Å²) in [4.78, 5) is 15.4. The topological polar surface area (TPSA) is 42.0 Å². The van der Waals surface area contributed by atoms with E-state index in [0.717, 1.165) is 12.6 Å². The quantitative estimate of drug-likeness (QED) is 0.922. The third kappa shape index (κ3) is 3.13. The highest BCUT2D eigenvalue weighted by molar-refractivity contribution is 7.07. The summed E-state index contributed by atoms with van der Waals surface area (Å²) in [5, 5.41) is 6.80. The predicted octanol–water partition coefficient (Wildman–Crippen LogP) is 2.64. The Morgan fingerprint density at radius 1 is 1.56 bits per heavy atom. The number of nitrogens with one attached hydrogen (secondary N) is 1. The van der Waals surface area contributed by atoms with E-state index in [-0.39, 0.29) is 11.6 Å². The Bertz CT molecular complexity index is 528. The number of hydrogen-bond acceptors (Lipinski definition) is 3. The fourth-order valence-electron chi connectivity index (χ4n) is 1.67. The summed E-state index contributed by atoms with van der Waals surface area (Å²) in [6, 6.07) is 3.35. The second-order valence-electron chi connectivity index (χ2n) is 4.07. The highest BCUT2D eigenvalue weighted by atomic mass is 32.1. The molecule has 0 aromatic carbocycles. The minimum atomic E-state index is -0.599. The highest BCUT2D eigenvalue weighted by Gasteiger charge is 2.14. The van der Waals surface area contributed by atoms with E-state index in [1.165, 1.54) is 17.8 Å². The van der Waals surface area contributed by atoms with Crippen molar-refractivity contribution in [2.75, 3.05) is 0 Å². The molecule has 18 heavy (non-hydrogen) atoms. The van der Waals surface area contributed by atoms with E-state index in [4.69, 9.17) is 0 Å². The van der Waals surface area contributed by atoms with Crippen molar-refractivity contribution in [3.05, 3.63) is 52.2 Å². The Labute approximate surface area is 109 Å². The van der Waals surface area contributed by atoms with Gasteiger partial charge in [-0.2, -0.15) is 11.3 Å². The van der Waals surface area contributed by atoms with E-state index in [1.807, 2.05) is 23.8 Å². The van der Waals surface area contributed by atoms with Gasteiger partial charge in [-0.05, 0) is 41.8 Å². The van der Waals surface area contributed by atoms with Crippen molar-refractivity contribution in [2.24, 2.45) is 0 Å². The maximum Gasteiger partial charge on any atom is 0.254 e. The summed E-state index contributed by atoms with van der Waals surface area (Å²) in [7, 11) is 0. The fraction of sp³-hybridized carbons (Fsp3) is 0.231. The number of amides is 1. The molecule has 0 spiro atoms. The third-order valence-corrected chi connectivity index (χ3v) is 3.25. The number of pyridine rings is 1. The molecule has 2 rings (SSSR count). The maximum absolute atomic E-state index is 13.3. The number of nitrogens with zero attached hydrogens (tertiary/aromatic N) is 1. The zero-order chi connectivity index (χ0) is 13.0. The lowest BCUT2D eigenvalue weighted by Crippen LogP contribution is -2.34. The summed E-state index contributed by atoms with van der Waals surface area (Å²) < 4.78 is 13.3. The molecule has 2 aromatic heterocycles. The van der Waals surface area contributed by atoms with Crippen LogP contribution in [0.1, 0.15) is 22.8 Å². The first-order valence-electron chi connectivity index (χ1n) is 5.58. The highest BCUT2D eigenvalue weighted by Crippen LogP contribution is 2.09. The molecule has 0 saturated carbocycles. The molecule has 2 aromatic rings. The smallest absolute Gasteiger partial charge is 0.254 e. The number of rotatable bonds is 4. The van der Waals surface area contributed by atoms with Crippen LogP contribution < -0.4 is 5.32 Å². The van der Waals surface area contributed by atoms with Crippen LogP contribution in [0.25, 0.3) is 0 Å². The monoisotopic (exact) mass is 264 g/mol. The van der Waals surface area contributed by atoms with Gasteiger partial charge in [-0.15, -0.1) is 0 Å². The third-order valence-electron chi connectivity index (χ3n) is 2.52. The molecule has 0 aliphatic heterocycles. The first-order valence-corrected chi connectivity index (χ1v) is 6.52. The molecule has 0 radical (unpaired) electrons. The van der Waals surface area contributed by atoms with Gasteiger partial charge in [0.15, 0.2) is 5.82 Å². The molecule has 0 fully saturated rings. The largest absolute Gasteiger partial charge is 0.349 e. The second kappa shape index (κ2) is 5.73. The molecule has 2 heterocycles. The number of carbonyl (C=O) groups is 1. The summed E-state index contributed by atoms with van der Waals surface area (Å²) in [5.74, 6) is -1.00. The Morgan fingerprint density at radius 3 is 3.06 bits per heavy atom. The molecule has 1 amide bonds. The van der Waals surface area contributed by atoms with Gasteiger partial charge in [0.1, 0.15) is 0 Å². The van der Waals surface area contributed by atoms with Crippen LogP contribution in [0.4, 0.5) is 4.39 Å². The van der Waals surface area contributed by atoms with E-state index >= 15 is 0 Å². The minimum Gasteiger partial charge on any atom is -0.349 e. The number of carbonyl (C=O) groups excluding carboxylic acids is 1. The van der Waals surface area contributed by atoms with Gasteiger partial charge in [-0.1, -0.05) is 0 Å². The van der Waals surface area contributed by atoms with Crippen LogP contribution in [-0.4, -0.2) is 16.9 Å². The molecule has 1 unspecified atom stereocenters. The van der Waals surface area contributed by atoms with Crippen LogP contribution in [0.2, 0.25) is 0 Å². The molecule has 0 aliphatic rings. The van der Waals surface area contributed by atoms with Crippen molar-refractivity contribution in [2.45, 2.75) is 19.4 Å². The molecule has 0 saturated heterocycles. The Hall–Kier alpha value is -1.75. The van der Waals surface area contributed by atoms with Crippen molar-refractivity contribution >= 4 is 17.2 Å². The van der Waals surface area contributed by atoms with Crippen molar-refractivity contribution in [1.82, 2.24) is 10.3 Å². The number of aromatic nitrogens is 1. The van der Waals surface area contributed by atoms with Crippen molar-refractivity contribution in [1.29, 1.82) is 0 Å². The van der Waals surface area contributed by atoms with Crippen LogP contribution in [0.3, 0.4) is 0 Å². The van der Waals surface area contributed by atoms with Crippen LogP contribution in [0, 0.1) is 5.82 Å². The lowest BCUT2D eigenvalue weighted by atomic mass is 10.1. The van der Waals surface area contributed by atoms with Crippen molar-refractivity contribution in [3.8, 4) is 0 Å². The first-order chi connectivity index (χ1) is 8.66. The van der Waals surface area contributed by atoms with E-state index < -0.39 is 11.7 Å². The normalized spacial score (nSPS) is 12.1. The minimum absolute atomic E-state index is 0.0298. The molecule has 5 heteroatoms. The molecular weight excluding hydrogens is 251 g/mol. The molecule has 0 aliphatic carbocycles. The average Bonchev–Trinajstić information content (AvgIpc) is 2.82. The van der Waals surface area contributed by atoms with Gasteiger partial charge in [0, 0.05) is 12.2 Å². The van der Waals surface area contributed by atoms with E-state index in [0.29, 0.717) is 0 Å². The fourth-order valence-corrected chi connectivity index (χ4v) is 2.36. The van der Waals surface area contributed by atoms with Gasteiger partial charge >= 0.3 is 0 Å². The van der Waals surface area contributed by atoms with Gasteiger partial charge < -0.3 is 5.32 Å². The lowest BCUT2D eigenvalue weighted by molar-refractivity contribution is 0.0936. The molecule has 94 valence electrons. The van der Waals surface area contributed by atoms with Gasteiger partial charge in [-0.25, -0.2) is 4.39 Å². The maximum atomic E-state index is 13.3. The Kier molecular flexibility index (Phi) is 4.04.